The van der Waals surface area contributed by atoms with E-state index in [1.807, 2.05) is 24.5 Å². The minimum Gasteiger partial charge on any atom is -0.342 e. The fourth-order valence-electron chi connectivity index (χ4n) is 3.11. The number of hydrogen-bond acceptors (Lipinski definition) is 3. The van der Waals surface area contributed by atoms with Gasteiger partial charge in [0.15, 0.2) is 0 Å². The van der Waals surface area contributed by atoms with Crippen molar-refractivity contribution in [2.45, 2.75) is 18.4 Å². The zero-order chi connectivity index (χ0) is 17.6. The molecule has 0 aliphatic carbocycles. The number of sulfonamides is 1. The van der Waals surface area contributed by atoms with Crippen molar-refractivity contribution in [3.8, 4) is 0 Å². The molecule has 5 nitrogen and oxygen atoms in total. The molecule has 4 aromatic rings. The van der Waals surface area contributed by atoms with Gasteiger partial charge in [0, 0.05) is 29.7 Å². The number of aromatic nitrogens is 2. The molecule has 0 atom stereocenters. The van der Waals surface area contributed by atoms with Crippen molar-refractivity contribution in [3.05, 3.63) is 72.1 Å². The molecule has 0 aliphatic heterocycles. The van der Waals surface area contributed by atoms with Crippen LogP contribution in [-0.2, 0) is 16.6 Å². The van der Waals surface area contributed by atoms with Crippen LogP contribution in [0.5, 0.6) is 0 Å². The number of nitrogens with zero attached hydrogens (tertiary/aromatic N) is 2. The summed E-state index contributed by atoms with van der Waals surface area (Å²) in [7, 11) is -3.66. The lowest BCUT2D eigenvalue weighted by Gasteiger charge is -2.09. The summed E-state index contributed by atoms with van der Waals surface area (Å²) in [6, 6.07) is 14.9. The highest BCUT2D eigenvalue weighted by atomic mass is 32.2. The van der Waals surface area contributed by atoms with E-state index in [2.05, 4.69) is 28.6 Å². The van der Waals surface area contributed by atoms with Crippen LogP contribution in [0.4, 0.5) is 0 Å². The van der Waals surface area contributed by atoms with E-state index in [1.165, 1.54) is 5.56 Å². The average Bonchev–Trinajstić information content (AvgIpc) is 2.98. The smallest absolute Gasteiger partial charge is 0.238 e. The molecule has 0 amide bonds. The van der Waals surface area contributed by atoms with Gasteiger partial charge in [-0.25, -0.2) is 13.6 Å². The molecule has 0 bridgehead atoms. The fourth-order valence-corrected chi connectivity index (χ4v) is 3.62. The topological polar surface area (TPSA) is 78.0 Å². The largest absolute Gasteiger partial charge is 0.342 e. The van der Waals surface area contributed by atoms with E-state index in [4.69, 9.17) is 5.14 Å². The summed E-state index contributed by atoms with van der Waals surface area (Å²) in [5.41, 5.74) is 4.28. The molecule has 0 fully saturated rings. The average molecular weight is 351 g/mol. The third-order valence-electron chi connectivity index (χ3n) is 4.35. The van der Waals surface area contributed by atoms with Crippen LogP contribution in [0.2, 0.25) is 0 Å². The maximum atomic E-state index is 11.4. The van der Waals surface area contributed by atoms with Gasteiger partial charge in [0.2, 0.25) is 10.0 Å². The molecular weight excluding hydrogens is 334 g/mol. The quantitative estimate of drug-likeness (QED) is 0.616. The predicted molar refractivity (Wildman–Crippen MR) is 98.9 cm³/mol. The number of aryl methyl sites for hydroxylation is 1. The van der Waals surface area contributed by atoms with E-state index >= 15 is 0 Å². The third kappa shape index (κ3) is 2.90. The van der Waals surface area contributed by atoms with E-state index in [-0.39, 0.29) is 4.90 Å². The molecule has 6 heteroatoms. The number of benzene rings is 2. The zero-order valence-electron chi connectivity index (χ0n) is 13.7. The second-order valence-corrected chi connectivity index (χ2v) is 7.78. The maximum absolute atomic E-state index is 11.4. The summed E-state index contributed by atoms with van der Waals surface area (Å²) in [4.78, 5) is 4.64. The van der Waals surface area contributed by atoms with E-state index < -0.39 is 10.0 Å². The van der Waals surface area contributed by atoms with Gasteiger partial charge in [-0.1, -0.05) is 23.8 Å². The zero-order valence-corrected chi connectivity index (χ0v) is 14.5. The second kappa shape index (κ2) is 5.68. The Morgan fingerprint density at radius 3 is 2.56 bits per heavy atom. The van der Waals surface area contributed by atoms with Crippen LogP contribution in [0, 0.1) is 6.92 Å². The number of nitrogens with two attached hydrogens (primary N) is 1. The molecule has 0 spiro atoms. The lowest BCUT2D eigenvalue weighted by Crippen LogP contribution is -2.12. The highest BCUT2D eigenvalue weighted by Crippen LogP contribution is 2.26. The van der Waals surface area contributed by atoms with E-state index in [1.54, 1.807) is 24.3 Å². The van der Waals surface area contributed by atoms with Gasteiger partial charge < -0.3 is 4.57 Å². The lowest BCUT2D eigenvalue weighted by atomic mass is 10.1. The molecule has 2 aromatic heterocycles. The first kappa shape index (κ1) is 15.8. The third-order valence-corrected chi connectivity index (χ3v) is 5.28. The van der Waals surface area contributed by atoms with Gasteiger partial charge in [0.25, 0.3) is 0 Å². The van der Waals surface area contributed by atoms with Crippen LogP contribution in [0.15, 0.2) is 65.8 Å². The SMILES string of the molecule is Cc1ccc2ncc3ccn(Cc4ccc(S(N)(=O)=O)cc4)c3c2c1. The molecule has 0 aliphatic rings. The Kier molecular flexibility index (Phi) is 3.59. The van der Waals surface area contributed by atoms with Gasteiger partial charge in [0.1, 0.15) is 0 Å². The minimum absolute atomic E-state index is 0.124. The summed E-state index contributed by atoms with van der Waals surface area (Å²) in [6.45, 7) is 2.71. The highest BCUT2D eigenvalue weighted by molar-refractivity contribution is 7.89. The number of primary sulfonamides is 1. The number of pyridine rings is 1. The van der Waals surface area contributed by atoms with Crippen molar-refractivity contribution in [2.24, 2.45) is 5.14 Å². The Morgan fingerprint density at radius 1 is 1.08 bits per heavy atom. The second-order valence-electron chi connectivity index (χ2n) is 6.22. The van der Waals surface area contributed by atoms with Crippen molar-refractivity contribution < 1.29 is 8.42 Å². The highest BCUT2D eigenvalue weighted by Gasteiger charge is 2.10. The van der Waals surface area contributed by atoms with Crippen molar-refractivity contribution >= 4 is 31.8 Å². The lowest BCUT2D eigenvalue weighted by molar-refractivity contribution is 0.597. The molecule has 25 heavy (non-hydrogen) atoms. The monoisotopic (exact) mass is 351 g/mol. The maximum Gasteiger partial charge on any atom is 0.238 e. The number of hydrogen-bond donors (Lipinski definition) is 1. The Bertz CT molecular complexity index is 1190. The first-order chi connectivity index (χ1) is 11.9. The van der Waals surface area contributed by atoms with E-state index in [9.17, 15) is 8.42 Å². The number of rotatable bonds is 3. The molecular formula is C19H17N3O2S. The Hall–Kier alpha value is -2.70. The van der Waals surface area contributed by atoms with Gasteiger partial charge in [-0.15, -0.1) is 0 Å². The van der Waals surface area contributed by atoms with Crippen LogP contribution >= 0.6 is 0 Å². The van der Waals surface area contributed by atoms with Gasteiger partial charge in [-0.3, -0.25) is 4.98 Å². The molecule has 0 saturated carbocycles. The van der Waals surface area contributed by atoms with Crippen molar-refractivity contribution in [2.75, 3.05) is 0 Å². The molecule has 2 heterocycles. The fraction of sp³-hybridized carbons (Fsp3) is 0.105. The Labute approximate surface area is 145 Å². The Balaban J connectivity index is 1.80. The molecule has 2 N–H and O–H groups in total. The molecule has 0 unspecified atom stereocenters. The summed E-state index contributed by atoms with van der Waals surface area (Å²) in [6.07, 6.45) is 3.91. The summed E-state index contributed by atoms with van der Waals surface area (Å²) in [5.74, 6) is 0. The van der Waals surface area contributed by atoms with E-state index in [0.717, 1.165) is 27.4 Å². The first-order valence-electron chi connectivity index (χ1n) is 7.88. The summed E-state index contributed by atoms with van der Waals surface area (Å²) in [5, 5.41) is 7.35. The van der Waals surface area contributed by atoms with Crippen molar-refractivity contribution in [1.29, 1.82) is 0 Å². The van der Waals surface area contributed by atoms with Crippen LogP contribution in [-0.4, -0.2) is 18.0 Å². The van der Waals surface area contributed by atoms with Crippen LogP contribution < -0.4 is 5.14 Å². The summed E-state index contributed by atoms with van der Waals surface area (Å²) < 4.78 is 24.9. The van der Waals surface area contributed by atoms with Crippen molar-refractivity contribution in [1.82, 2.24) is 9.55 Å². The first-order valence-corrected chi connectivity index (χ1v) is 9.42. The molecule has 2 aromatic carbocycles. The van der Waals surface area contributed by atoms with Gasteiger partial charge in [0.05, 0.1) is 15.9 Å². The van der Waals surface area contributed by atoms with Gasteiger partial charge >= 0.3 is 0 Å². The molecule has 4 rings (SSSR count). The normalized spacial score (nSPS) is 12.1. The Morgan fingerprint density at radius 2 is 1.84 bits per heavy atom. The minimum atomic E-state index is -3.66. The predicted octanol–water partition coefficient (Wildman–Crippen LogP) is 3.19. The molecule has 0 saturated heterocycles. The molecule has 0 radical (unpaired) electrons. The van der Waals surface area contributed by atoms with Crippen molar-refractivity contribution in [3.63, 3.8) is 0 Å². The number of fused-ring (bicyclic) bond motifs is 3. The van der Waals surface area contributed by atoms with Gasteiger partial charge in [-0.05, 0) is 42.8 Å². The van der Waals surface area contributed by atoms with Crippen LogP contribution in [0.1, 0.15) is 11.1 Å². The van der Waals surface area contributed by atoms with E-state index in [0.29, 0.717) is 6.54 Å². The molecule has 126 valence electrons. The van der Waals surface area contributed by atoms with Crippen LogP contribution in [0.25, 0.3) is 21.8 Å². The summed E-state index contributed by atoms with van der Waals surface area (Å²) >= 11 is 0. The van der Waals surface area contributed by atoms with Gasteiger partial charge in [-0.2, -0.15) is 0 Å². The van der Waals surface area contributed by atoms with Crippen LogP contribution in [0.3, 0.4) is 0 Å². The standard InChI is InChI=1S/C19H17N3O2S/c1-13-2-7-18-17(10-13)19-15(11-21-18)8-9-22(19)12-14-3-5-16(6-4-14)25(20,23)24/h2-11H,12H2,1H3,(H2,20,23,24).